The van der Waals surface area contributed by atoms with Gasteiger partial charge in [-0.2, -0.15) is 5.10 Å². The van der Waals surface area contributed by atoms with Gasteiger partial charge in [0.15, 0.2) is 5.82 Å². The average Bonchev–Trinajstić information content (AvgIpc) is 3.29. The van der Waals surface area contributed by atoms with Gasteiger partial charge >= 0.3 is 0 Å². The van der Waals surface area contributed by atoms with E-state index in [0.29, 0.717) is 37.9 Å². The number of hydrogen-bond donors (Lipinski definition) is 2. The third-order valence-corrected chi connectivity index (χ3v) is 7.20. The molecule has 11 heteroatoms. The van der Waals surface area contributed by atoms with Crippen molar-refractivity contribution in [3.05, 3.63) is 71.3 Å². The Morgan fingerprint density at radius 1 is 1.06 bits per heavy atom. The lowest BCUT2D eigenvalue weighted by Gasteiger charge is -2.19. The fourth-order valence-electron chi connectivity index (χ4n) is 3.80. The topological polar surface area (TPSA) is 91.0 Å². The smallest absolute Gasteiger partial charge is 0.212 e. The molecule has 0 aliphatic heterocycles. The molecule has 0 spiro atoms. The van der Waals surface area contributed by atoms with Gasteiger partial charge in [-0.3, -0.25) is 5.10 Å². The van der Waals surface area contributed by atoms with Gasteiger partial charge in [-0.25, -0.2) is 31.3 Å². The maximum Gasteiger partial charge on any atom is 0.212 e. The van der Waals surface area contributed by atoms with Gasteiger partial charge in [0.25, 0.3) is 0 Å². The number of rotatable bonds is 13. The van der Waals surface area contributed by atoms with E-state index in [0.717, 1.165) is 18.7 Å². The van der Waals surface area contributed by atoms with Crippen molar-refractivity contribution in [2.24, 2.45) is 0 Å². The molecule has 2 aromatic carbocycles. The first-order valence-electron chi connectivity index (χ1n) is 11.6. The van der Waals surface area contributed by atoms with Crippen molar-refractivity contribution in [1.82, 2.24) is 24.8 Å². The van der Waals surface area contributed by atoms with E-state index in [2.05, 4.69) is 24.8 Å². The fraction of sp³-hybridized carbons (Fsp3) is 0.417. The van der Waals surface area contributed by atoms with Crippen LogP contribution in [0.3, 0.4) is 0 Å². The van der Waals surface area contributed by atoms with Crippen LogP contribution in [0.1, 0.15) is 44.1 Å². The summed E-state index contributed by atoms with van der Waals surface area (Å²) in [4.78, 5) is 6.30. The predicted molar refractivity (Wildman–Crippen MR) is 129 cm³/mol. The van der Waals surface area contributed by atoms with Crippen LogP contribution < -0.4 is 4.72 Å². The van der Waals surface area contributed by atoms with E-state index < -0.39 is 39.1 Å². The maximum absolute atomic E-state index is 14.2. The number of nitrogens with one attached hydrogen (secondary N) is 2. The third-order valence-electron chi connectivity index (χ3n) is 5.73. The minimum Gasteiger partial charge on any atom is -0.304 e. The van der Waals surface area contributed by atoms with Crippen LogP contribution in [0.5, 0.6) is 0 Å². The van der Waals surface area contributed by atoms with E-state index in [1.54, 1.807) is 0 Å². The van der Waals surface area contributed by atoms with E-state index in [-0.39, 0.29) is 17.4 Å². The Kier molecular flexibility index (Phi) is 9.41. The highest BCUT2D eigenvalue weighted by Gasteiger charge is 2.25. The highest BCUT2D eigenvalue weighted by atomic mass is 32.2. The van der Waals surface area contributed by atoms with Crippen molar-refractivity contribution in [3.63, 3.8) is 0 Å². The lowest BCUT2D eigenvalue weighted by molar-refractivity contribution is 0.304. The van der Waals surface area contributed by atoms with Gasteiger partial charge in [-0.1, -0.05) is 44.2 Å². The van der Waals surface area contributed by atoms with Gasteiger partial charge in [0.05, 0.1) is 17.4 Å². The molecule has 0 saturated carbocycles. The average molecular weight is 510 g/mol. The second-order valence-corrected chi connectivity index (χ2v) is 10.1. The van der Waals surface area contributed by atoms with E-state index in [1.807, 2.05) is 44.2 Å². The first-order chi connectivity index (χ1) is 16.7. The normalized spacial score (nSPS) is 12.9. The van der Waals surface area contributed by atoms with Crippen molar-refractivity contribution in [3.8, 4) is 11.4 Å². The van der Waals surface area contributed by atoms with Crippen LogP contribution in [0.2, 0.25) is 0 Å². The number of halogens is 3. The van der Waals surface area contributed by atoms with Crippen LogP contribution in [0, 0.1) is 17.5 Å². The Morgan fingerprint density at radius 3 is 2.34 bits per heavy atom. The molecule has 2 N–H and O–H groups in total. The first kappa shape index (κ1) is 26.8. The Hall–Kier alpha value is -2.76. The van der Waals surface area contributed by atoms with Gasteiger partial charge in [-0.05, 0) is 44.5 Å². The summed E-state index contributed by atoms with van der Waals surface area (Å²) in [5.41, 5.74) is 0.409. The summed E-state index contributed by atoms with van der Waals surface area (Å²) in [6.45, 7) is 6.36. The van der Waals surface area contributed by atoms with E-state index >= 15 is 0 Å². The van der Waals surface area contributed by atoms with Crippen LogP contribution in [0.15, 0.2) is 42.5 Å². The molecule has 35 heavy (non-hydrogen) atoms. The summed E-state index contributed by atoms with van der Waals surface area (Å²) in [5, 5.41) is 6.47. The van der Waals surface area contributed by atoms with Gasteiger partial charge in [0.2, 0.25) is 10.0 Å². The lowest BCUT2D eigenvalue weighted by atomic mass is 10.1. The number of aromatic amines is 1. The van der Waals surface area contributed by atoms with E-state index in [1.165, 1.54) is 0 Å². The van der Waals surface area contributed by atoms with E-state index in [9.17, 15) is 21.6 Å². The molecule has 190 valence electrons. The van der Waals surface area contributed by atoms with Gasteiger partial charge < -0.3 is 4.90 Å². The molecule has 0 fully saturated rings. The van der Waals surface area contributed by atoms with Crippen molar-refractivity contribution < 1.29 is 21.6 Å². The predicted octanol–water partition coefficient (Wildman–Crippen LogP) is 4.21. The number of aryl methyl sites for hydroxylation is 1. The highest BCUT2D eigenvalue weighted by molar-refractivity contribution is 7.89. The SMILES string of the molecule is CCN(CC)CCCS(=O)(=O)N[C@H](CCc1ccccc1)c1nc(-c2c(F)cc(F)cc2F)n[nH]1. The number of H-pyrrole nitrogens is 1. The molecule has 1 aromatic heterocycles. The Labute approximate surface area is 203 Å². The van der Waals surface area contributed by atoms with Crippen molar-refractivity contribution >= 4 is 10.0 Å². The second-order valence-electron chi connectivity index (χ2n) is 8.18. The van der Waals surface area contributed by atoms with Gasteiger partial charge in [0.1, 0.15) is 23.3 Å². The summed E-state index contributed by atoms with van der Waals surface area (Å²) < 4.78 is 70.1. The molecule has 0 saturated heterocycles. The van der Waals surface area contributed by atoms with Crippen LogP contribution >= 0.6 is 0 Å². The Morgan fingerprint density at radius 2 is 1.71 bits per heavy atom. The quantitative estimate of drug-likeness (QED) is 0.360. The summed E-state index contributed by atoms with van der Waals surface area (Å²) >= 11 is 0. The monoisotopic (exact) mass is 509 g/mol. The first-order valence-corrected chi connectivity index (χ1v) is 13.2. The molecule has 0 bridgehead atoms. The zero-order valence-electron chi connectivity index (χ0n) is 19.8. The fourth-order valence-corrected chi connectivity index (χ4v) is 5.09. The Balaban J connectivity index is 1.81. The Bertz CT molecular complexity index is 1180. The molecule has 0 aliphatic carbocycles. The molecule has 0 amide bonds. The number of hydrogen-bond acceptors (Lipinski definition) is 5. The molecule has 0 radical (unpaired) electrons. The molecule has 7 nitrogen and oxygen atoms in total. The van der Waals surface area contributed by atoms with Crippen LogP contribution in [0.4, 0.5) is 13.2 Å². The lowest BCUT2D eigenvalue weighted by Crippen LogP contribution is -2.33. The summed E-state index contributed by atoms with van der Waals surface area (Å²) in [6, 6.07) is 9.77. The zero-order valence-corrected chi connectivity index (χ0v) is 20.6. The molecule has 3 aromatic rings. The number of nitrogens with zero attached hydrogens (tertiary/aromatic N) is 3. The molecule has 1 atom stereocenters. The summed E-state index contributed by atoms with van der Waals surface area (Å²) in [5.74, 6) is -3.63. The second kappa shape index (κ2) is 12.3. The van der Waals surface area contributed by atoms with Crippen molar-refractivity contribution in [2.45, 2.75) is 39.2 Å². The van der Waals surface area contributed by atoms with Gasteiger partial charge in [-0.15, -0.1) is 0 Å². The minimum absolute atomic E-state index is 0.0758. The van der Waals surface area contributed by atoms with Crippen molar-refractivity contribution in [2.75, 3.05) is 25.4 Å². The zero-order chi connectivity index (χ0) is 25.4. The molecule has 0 unspecified atom stereocenters. The minimum atomic E-state index is -3.68. The number of sulfonamides is 1. The van der Waals surface area contributed by atoms with Crippen LogP contribution in [-0.4, -0.2) is 53.9 Å². The summed E-state index contributed by atoms with van der Waals surface area (Å²) in [7, 11) is -3.68. The summed E-state index contributed by atoms with van der Waals surface area (Å²) in [6.07, 6.45) is 1.32. The number of aromatic nitrogens is 3. The molecular formula is C24H30F3N5O2S. The number of benzene rings is 2. The van der Waals surface area contributed by atoms with E-state index in [4.69, 9.17) is 0 Å². The molecule has 1 heterocycles. The largest absolute Gasteiger partial charge is 0.304 e. The van der Waals surface area contributed by atoms with Crippen LogP contribution in [0.25, 0.3) is 11.4 Å². The highest BCUT2D eigenvalue weighted by Crippen LogP contribution is 2.26. The molecule has 3 rings (SSSR count). The molecule has 0 aliphatic rings. The van der Waals surface area contributed by atoms with Crippen molar-refractivity contribution in [1.29, 1.82) is 0 Å². The third kappa shape index (κ3) is 7.61. The molecular weight excluding hydrogens is 479 g/mol. The van der Waals surface area contributed by atoms with Crippen LogP contribution in [-0.2, 0) is 16.4 Å². The standard InChI is InChI=1S/C24H30F3N5O2S/c1-3-32(4-2)13-8-14-35(33,34)31-21(12-11-17-9-6-5-7-10-17)23-28-24(30-29-23)22-19(26)15-18(25)16-20(22)27/h5-7,9-10,15-16,21,31H,3-4,8,11-14H2,1-2H3,(H,28,29,30)/t21-/m1/s1. The maximum atomic E-state index is 14.2. The van der Waals surface area contributed by atoms with Gasteiger partial charge in [0, 0.05) is 12.1 Å².